The molecule has 1 aromatic rings. The van der Waals surface area contributed by atoms with Crippen LogP contribution in [-0.4, -0.2) is 29.2 Å². The van der Waals surface area contributed by atoms with Crippen molar-refractivity contribution >= 4 is 33.8 Å². The molecule has 6 heteroatoms. The van der Waals surface area contributed by atoms with Gasteiger partial charge in [-0.1, -0.05) is 6.42 Å². The molecule has 1 fully saturated rings. The Hall–Kier alpha value is -0.720. The van der Waals surface area contributed by atoms with Crippen LogP contribution in [0, 0.1) is 0 Å². The van der Waals surface area contributed by atoms with Crippen LogP contribution >= 0.6 is 23.6 Å². The molecule has 17 heavy (non-hydrogen) atoms. The number of nitrogens with zero attached hydrogens (tertiary/aromatic N) is 1. The van der Waals surface area contributed by atoms with Crippen molar-refractivity contribution in [2.45, 2.75) is 31.7 Å². The Morgan fingerprint density at radius 2 is 2.53 bits per heavy atom. The Kier molecular flexibility index (Phi) is 5.15. The predicted octanol–water partition coefficient (Wildman–Crippen LogP) is 1.96. The first-order valence-electron chi connectivity index (χ1n) is 6.02. The lowest BCUT2D eigenvalue weighted by Crippen LogP contribution is -2.38. The first-order valence-corrected chi connectivity index (χ1v) is 7.31. The van der Waals surface area contributed by atoms with Crippen LogP contribution in [0.3, 0.4) is 0 Å². The summed E-state index contributed by atoms with van der Waals surface area (Å²) in [6.07, 6.45) is 6.84. The van der Waals surface area contributed by atoms with Crippen molar-refractivity contribution in [2.75, 3.05) is 18.4 Å². The number of piperidine rings is 1. The summed E-state index contributed by atoms with van der Waals surface area (Å²) in [7, 11) is 0. The highest BCUT2D eigenvalue weighted by molar-refractivity contribution is 7.80. The van der Waals surface area contributed by atoms with Crippen molar-refractivity contribution in [3.63, 3.8) is 0 Å². The van der Waals surface area contributed by atoms with Crippen molar-refractivity contribution in [3.05, 3.63) is 11.6 Å². The molecule has 1 unspecified atom stereocenters. The predicted molar refractivity (Wildman–Crippen MR) is 76.6 cm³/mol. The summed E-state index contributed by atoms with van der Waals surface area (Å²) < 4.78 is 0. The van der Waals surface area contributed by atoms with E-state index in [1.165, 1.54) is 19.3 Å². The van der Waals surface area contributed by atoms with Crippen LogP contribution in [0.1, 0.15) is 25.7 Å². The third kappa shape index (κ3) is 4.57. The van der Waals surface area contributed by atoms with E-state index in [1.54, 1.807) is 17.5 Å². The van der Waals surface area contributed by atoms with Crippen LogP contribution in [0.4, 0.5) is 5.13 Å². The number of rotatable bonds is 4. The third-order valence-electron chi connectivity index (χ3n) is 2.84. The lowest BCUT2D eigenvalue weighted by atomic mass is 10.0. The van der Waals surface area contributed by atoms with E-state index < -0.39 is 0 Å². The van der Waals surface area contributed by atoms with Gasteiger partial charge in [0.25, 0.3) is 0 Å². The summed E-state index contributed by atoms with van der Waals surface area (Å²) >= 11 is 6.74. The molecule has 2 heterocycles. The van der Waals surface area contributed by atoms with Gasteiger partial charge in [0.05, 0.1) is 0 Å². The fourth-order valence-corrected chi connectivity index (χ4v) is 2.75. The Bertz CT molecular complexity index is 333. The lowest BCUT2D eigenvalue weighted by molar-refractivity contribution is 0.383. The van der Waals surface area contributed by atoms with Crippen LogP contribution in [-0.2, 0) is 0 Å². The van der Waals surface area contributed by atoms with Crippen LogP contribution < -0.4 is 16.0 Å². The highest BCUT2D eigenvalue weighted by atomic mass is 32.1. The fraction of sp³-hybridized carbons (Fsp3) is 0.636. The fourth-order valence-electron chi connectivity index (χ4n) is 1.96. The van der Waals surface area contributed by atoms with Gasteiger partial charge in [-0.15, -0.1) is 11.3 Å². The molecular weight excluding hydrogens is 252 g/mol. The highest BCUT2D eigenvalue weighted by Gasteiger charge is 2.11. The molecule has 0 spiro atoms. The van der Waals surface area contributed by atoms with E-state index in [0.29, 0.717) is 11.2 Å². The van der Waals surface area contributed by atoms with E-state index >= 15 is 0 Å². The molecule has 1 aliphatic rings. The second-order valence-electron chi connectivity index (χ2n) is 4.15. The Labute approximate surface area is 111 Å². The summed E-state index contributed by atoms with van der Waals surface area (Å²) in [6, 6.07) is 0.652. The number of hydrogen-bond donors (Lipinski definition) is 3. The lowest BCUT2D eigenvalue weighted by Gasteiger charge is -2.23. The van der Waals surface area contributed by atoms with Gasteiger partial charge in [-0.05, 0) is 38.0 Å². The molecule has 1 aliphatic heterocycles. The first kappa shape index (κ1) is 12.7. The normalized spacial score (nSPS) is 19.9. The molecule has 2 rings (SSSR count). The zero-order valence-electron chi connectivity index (χ0n) is 9.74. The quantitative estimate of drug-likeness (QED) is 0.730. The van der Waals surface area contributed by atoms with Gasteiger partial charge in [-0.3, -0.25) is 0 Å². The smallest absolute Gasteiger partial charge is 0.188 e. The molecule has 0 radical (unpaired) electrons. The van der Waals surface area contributed by atoms with E-state index in [1.807, 2.05) is 5.38 Å². The molecule has 0 bridgehead atoms. The van der Waals surface area contributed by atoms with Crippen molar-refractivity contribution in [2.24, 2.45) is 0 Å². The van der Waals surface area contributed by atoms with E-state index in [-0.39, 0.29) is 0 Å². The highest BCUT2D eigenvalue weighted by Crippen LogP contribution is 2.10. The molecule has 1 aromatic heterocycles. The maximum atomic E-state index is 5.19. The number of hydrogen-bond acceptors (Lipinski definition) is 4. The second kappa shape index (κ2) is 6.88. The van der Waals surface area contributed by atoms with E-state index in [0.717, 1.165) is 24.6 Å². The first-order chi connectivity index (χ1) is 8.34. The van der Waals surface area contributed by atoms with E-state index in [9.17, 15) is 0 Å². The monoisotopic (exact) mass is 270 g/mol. The topological polar surface area (TPSA) is 49.0 Å². The van der Waals surface area contributed by atoms with Gasteiger partial charge >= 0.3 is 0 Å². The third-order valence-corrected chi connectivity index (χ3v) is 3.78. The van der Waals surface area contributed by atoms with Crippen LogP contribution in [0.2, 0.25) is 0 Å². The molecule has 1 saturated heterocycles. The van der Waals surface area contributed by atoms with E-state index in [2.05, 4.69) is 20.9 Å². The molecule has 0 aliphatic carbocycles. The number of thiazole rings is 1. The van der Waals surface area contributed by atoms with Gasteiger partial charge in [0.2, 0.25) is 0 Å². The average molecular weight is 270 g/mol. The Morgan fingerprint density at radius 1 is 1.59 bits per heavy atom. The standard InChI is InChI=1S/C11H18N4S2/c16-10(15-11-14-7-8-17-11)13-6-4-9-3-1-2-5-12-9/h7-9,12H,1-6H2,(H2,13,14,15,16). The summed E-state index contributed by atoms with van der Waals surface area (Å²) in [5.41, 5.74) is 0. The van der Waals surface area contributed by atoms with Gasteiger partial charge in [-0.25, -0.2) is 4.98 Å². The van der Waals surface area contributed by atoms with Crippen molar-refractivity contribution in [1.29, 1.82) is 0 Å². The molecular formula is C11H18N4S2. The SMILES string of the molecule is S=C(NCCC1CCCCN1)Nc1nccs1. The second-order valence-corrected chi connectivity index (χ2v) is 5.46. The summed E-state index contributed by atoms with van der Waals surface area (Å²) in [5, 5.41) is 13.2. The van der Waals surface area contributed by atoms with Crippen molar-refractivity contribution < 1.29 is 0 Å². The molecule has 0 amide bonds. The molecule has 94 valence electrons. The maximum absolute atomic E-state index is 5.19. The summed E-state index contributed by atoms with van der Waals surface area (Å²) in [4.78, 5) is 4.12. The van der Waals surface area contributed by atoms with Crippen LogP contribution in [0.25, 0.3) is 0 Å². The minimum atomic E-state index is 0.652. The molecule has 4 nitrogen and oxygen atoms in total. The summed E-state index contributed by atoms with van der Waals surface area (Å²) in [5.74, 6) is 0. The number of anilines is 1. The number of aromatic nitrogens is 1. The minimum absolute atomic E-state index is 0.652. The zero-order valence-corrected chi connectivity index (χ0v) is 11.4. The van der Waals surface area contributed by atoms with Gasteiger partial charge in [0, 0.05) is 24.2 Å². The van der Waals surface area contributed by atoms with Crippen molar-refractivity contribution in [3.8, 4) is 0 Å². The largest absolute Gasteiger partial charge is 0.362 e. The van der Waals surface area contributed by atoms with Gasteiger partial charge in [0.1, 0.15) is 0 Å². The number of thiocarbonyl (C=S) groups is 1. The Morgan fingerprint density at radius 3 is 3.24 bits per heavy atom. The maximum Gasteiger partial charge on any atom is 0.188 e. The number of nitrogens with one attached hydrogen (secondary N) is 3. The van der Waals surface area contributed by atoms with Gasteiger partial charge < -0.3 is 16.0 Å². The minimum Gasteiger partial charge on any atom is -0.362 e. The van der Waals surface area contributed by atoms with E-state index in [4.69, 9.17) is 12.2 Å². The van der Waals surface area contributed by atoms with Crippen molar-refractivity contribution in [1.82, 2.24) is 15.6 Å². The molecule has 0 saturated carbocycles. The van der Waals surface area contributed by atoms with Crippen LogP contribution in [0.5, 0.6) is 0 Å². The average Bonchev–Trinajstić information content (AvgIpc) is 2.83. The van der Waals surface area contributed by atoms with Gasteiger partial charge in [-0.2, -0.15) is 0 Å². The zero-order chi connectivity index (χ0) is 11.9. The molecule has 3 N–H and O–H groups in total. The Balaban J connectivity index is 1.59. The summed E-state index contributed by atoms with van der Waals surface area (Å²) in [6.45, 7) is 2.07. The molecule has 0 aromatic carbocycles. The van der Waals surface area contributed by atoms with Gasteiger partial charge in [0.15, 0.2) is 10.2 Å². The van der Waals surface area contributed by atoms with Crippen LogP contribution in [0.15, 0.2) is 11.6 Å². The molecule has 1 atom stereocenters.